The molecule has 2 rings (SSSR count). The quantitative estimate of drug-likeness (QED) is 0.930. The van der Waals surface area contributed by atoms with Crippen molar-refractivity contribution < 1.29 is 13.5 Å². The molecule has 1 saturated carbocycles. The molecule has 0 spiro atoms. The normalized spacial score (nSPS) is 27.1. The highest BCUT2D eigenvalue weighted by atomic mass is 32.2. The molecule has 18 heavy (non-hydrogen) atoms. The molecule has 1 aliphatic rings. The maximum atomic E-state index is 11.6. The molecule has 3 atom stereocenters. The first-order chi connectivity index (χ1) is 8.39. The van der Waals surface area contributed by atoms with Crippen LogP contribution in [0.4, 0.5) is 0 Å². The van der Waals surface area contributed by atoms with Crippen LogP contribution in [0.3, 0.4) is 0 Å². The molecule has 102 valence electrons. The van der Waals surface area contributed by atoms with Crippen LogP contribution in [0.25, 0.3) is 0 Å². The van der Waals surface area contributed by atoms with E-state index in [1.807, 2.05) is 17.7 Å². The van der Waals surface area contributed by atoms with E-state index in [0.717, 1.165) is 30.4 Å². The van der Waals surface area contributed by atoms with Gasteiger partial charge in [-0.1, -0.05) is 6.42 Å². The highest BCUT2D eigenvalue weighted by Gasteiger charge is 2.33. The second-order valence-electron chi connectivity index (χ2n) is 5.33. The van der Waals surface area contributed by atoms with Crippen LogP contribution >= 0.6 is 11.3 Å². The van der Waals surface area contributed by atoms with Crippen LogP contribution in [-0.4, -0.2) is 25.0 Å². The van der Waals surface area contributed by atoms with Crippen LogP contribution in [0.15, 0.2) is 10.8 Å². The summed E-state index contributed by atoms with van der Waals surface area (Å²) in [7, 11) is -2.98. The summed E-state index contributed by atoms with van der Waals surface area (Å²) in [4.78, 5) is 0. The van der Waals surface area contributed by atoms with Crippen LogP contribution in [0, 0.1) is 12.8 Å². The third kappa shape index (κ3) is 2.95. The van der Waals surface area contributed by atoms with E-state index in [-0.39, 0.29) is 11.2 Å². The van der Waals surface area contributed by atoms with E-state index in [2.05, 4.69) is 0 Å². The Kier molecular flexibility index (Phi) is 4.14. The van der Waals surface area contributed by atoms with Gasteiger partial charge < -0.3 is 5.11 Å². The average molecular weight is 288 g/mol. The predicted octanol–water partition coefficient (Wildman–Crippen LogP) is 2.69. The topological polar surface area (TPSA) is 54.4 Å². The molecule has 1 fully saturated rings. The van der Waals surface area contributed by atoms with Crippen LogP contribution in [-0.2, 0) is 9.84 Å². The molecule has 1 aromatic heterocycles. The van der Waals surface area contributed by atoms with Crippen LogP contribution in [0.5, 0.6) is 0 Å². The van der Waals surface area contributed by atoms with Crippen molar-refractivity contribution in [2.75, 3.05) is 6.26 Å². The Morgan fingerprint density at radius 2 is 2.11 bits per heavy atom. The Balaban J connectivity index is 2.12. The molecule has 0 radical (unpaired) electrons. The van der Waals surface area contributed by atoms with Crippen molar-refractivity contribution in [1.82, 2.24) is 0 Å². The number of hydrogen-bond donors (Lipinski definition) is 1. The fourth-order valence-corrected chi connectivity index (χ4v) is 4.86. The van der Waals surface area contributed by atoms with Gasteiger partial charge in [0.05, 0.1) is 11.4 Å². The predicted molar refractivity (Wildman–Crippen MR) is 74.6 cm³/mol. The lowest BCUT2D eigenvalue weighted by Crippen LogP contribution is -2.30. The Labute approximate surface area is 113 Å². The molecule has 1 N–H and O–H groups in total. The van der Waals surface area contributed by atoms with Gasteiger partial charge in [-0.15, -0.1) is 0 Å². The van der Waals surface area contributed by atoms with Crippen molar-refractivity contribution in [1.29, 1.82) is 0 Å². The molecule has 3 unspecified atom stereocenters. The summed E-state index contributed by atoms with van der Waals surface area (Å²) in [6.07, 6.45) is 3.94. The van der Waals surface area contributed by atoms with Crippen molar-refractivity contribution in [3.05, 3.63) is 21.9 Å². The van der Waals surface area contributed by atoms with Gasteiger partial charge in [-0.25, -0.2) is 8.42 Å². The third-order valence-electron chi connectivity index (χ3n) is 3.93. The molecule has 5 heteroatoms. The zero-order chi connectivity index (χ0) is 13.3. The van der Waals surface area contributed by atoms with Crippen molar-refractivity contribution in [3.8, 4) is 0 Å². The van der Waals surface area contributed by atoms with Crippen LogP contribution < -0.4 is 0 Å². The smallest absolute Gasteiger partial charge is 0.150 e. The number of hydrogen-bond acceptors (Lipinski definition) is 4. The van der Waals surface area contributed by atoms with Gasteiger partial charge in [0.25, 0.3) is 0 Å². The number of aryl methyl sites for hydroxylation is 1. The average Bonchev–Trinajstić information content (AvgIpc) is 2.73. The number of sulfone groups is 1. The SMILES string of the molecule is Cc1cscc1C(O)C1CCCC(S(C)(=O)=O)C1. The van der Waals surface area contributed by atoms with E-state index >= 15 is 0 Å². The van der Waals surface area contributed by atoms with Gasteiger partial charge in [-0.05, 0) is 54.0 Å². The standard InChI is InChI=1S/C13H20O3S2/c1-9-7-17-8-12(9)13(14)10-4-3-5-11(6-10)18(2,15)16/h7-8,10-11,13-14H,3-6H2,1-2H3. The third-order valence-corrected chi connectivity index (χ3v) is 6.45. The lowest BCUT2D eigenvalue weighted by Gasteiger charge is -2.31. The largest absolute Gasteiger partial charge is 0.388 e. The molecule has 1 heterocycles. The first kappa shape index (κ1) is 14.0. The van der Waals surface area contributed by atoms with Crippen LogP contribution in [0.2, 0.25) is 0 Å². The molecule has 1 aliphatic carbocycles. The van der Waals surface area contributed by atoms with Gasteiger partial charge in [0.1, 0.15) is 9.84 Å². The summed E-state index contributed by atoms with van der Waals surface area (Å²) < 4.78 is 23.3. The molecular weight excluding hydrogens is 268 g/mol. The number of aliphatic hydroxyl groups is 1. The second-order valence-corrected chi connectivity index (χ2v) is 8.40. The molecule has 0 saturated heterocycles. The summed E-state index contributed by atoms with van der Waals surface area (Å²) in [5, 5.41) is 14.1. The Morgan fingerprint density at radius 1 is 1.39 bits per heavy atom. The van der Waals surface area contributed by atoms with E-state index in [4.69, 9.17) is 0 Å². The van der Waals surface area contributed by atoms with Crippen molar-refractivity contribution in [2.45, 2.75) is 44.0 Å². The van der Waals surface area contributed by atoms with E-state index < -0.39 is 15.9 Å². The molecule has 0 aromatic carbocycles. The van der Waals surface area contributed by atoms with Crippen LogP contribution in [0.1, 0.15) is 42.9 Å². The fourth-order valence-electron chi connectivity index (χ4n) is 2.78. The minimum Gasteiger partial charge on any atom is -0.388 e. The maximum absolute atomic E-state index is 11.6. The van der Waals surface area contributed by atoms with Gasteiger partial charge >= 0.3 is 0 Å². The molecule has 0 bridgehead atoms. The Morgan fingerprint density at radius 3 is 2.67 bits per heavy atom. The zero-order valence-electron chi connectivity index (χ0n) is 10.8. The summed E-state index contributed by atoms with van der Waals surface area (Å²) in [5.41, 5.74) is 2.08. The lowest BCUT2D eigenvalue weighted by molar-refractivity contribution is 0.0856. The summed E-state index contributed by atoms with van der Waals surface area (Å²) in [5.74, 6) is 0.0757. The van der Waals surface area contributed by atoms with Crippen molar-refractivity contribution in [3.63, 3.8) is 0 Å². The minimum atomic E-state index is -2.98. The summed E-state index contributed by atoms with van der Waals surface area (Å²) in [6, 6.07) is 0. The van der Waals surface area contributed by atoms with Gasteiger partial charge in [-0.3, -0.25) is 0 Å². The monoisotopic (exact) mass is 288 g/mol. The molecule has 1 aromatic rings. The van der Waals surface area contributed by atoms with Crippen molar-refractivity contribution in [2.24, 2.45) is 5.92 Å². The highest BCUT2D eigenvalue weighted by Crippen LogP contribution is 2.38. The molecular formula is C13H20O3S2. The Hall–Kier alpha value is -0.390. The van der Waals surface area contributed by atoms with Gasteiger partial charge in [0.2, 0.25) is 0 Å². The number of rotatable bonds is 3. The van der Waals surface area contributed by atoms with E-state index in [9.17, 15) is 13.5 Å². The number of aliphatic hydroxyl groups excluding tert-OH is 1. The fraction of sp³-hybridized carbons (Fsp3) is 0.692. The van der Waals surface area contributed by atoms with Gasteiger partial charge in [0.15, 0.2) is 0 Å². The molecule has 0 amide bonds. The van der Waals surface area contributed by atoms with E-state index in [1.54, 1.807) is 11.3 Å². The zero-order valence-corrected chi connectivity index (χ0v) is 12.4. The van der Waals surface area contributed by atoms with Crippen molar-refractivity contribution >= 4 is 21.2 Å². The highest BCUT2D eigenvalue weighted by molar-refractivity contribution is 7.91. The van der Waals surface area contributed by atoms with E-state index in [1.165, 1.54) is 6.26 Å². The first-order valence-corrected chi connectivity index (χ1v) is 9.19. The van der Waals surface area contributed by atoms with Gasteiger partial charge in [0, 0.05) is 6.26 Å². The maximum Gasteiger partial charge on any atom is 0.150 e. The first-order valence-electron chi connectivity index (χ1n) is 6.29. The minimum absolute atomic E-state index is 0.0757. The summed E-state index contributed by atoms with van der Waals surface area (Å²) >= 11 is 1.59. The number of thiophene rings is 1. The Bertz CT molecular complexity index is 504. The molecule has 3 nitrogen and oxygen atoms in total. The molecule has 0 aliphatic heterocycles. The van der Waals surface area contributed by atoms with Gasteiger partial charge in [-0.2, -0.15) is 11.3 Å². The lowest BCUT2D eigenvalue weighted by atomic mass is 9.82. The second kappa shape index (κ2) is 5.31. The summed E-state index contributed by atoms with van der Waals surface area (Å²) in [6.45, 7) is 1.99. The van der Waals surface area contributed by atoms with E-state index in [0.29, 0.717) is 6.42 Å².